The summed E-state index contributed by atoms with van der Waals surface area (Å²) in [4.78, 5) is 13.4. The first-order valence-electron chi connectivity index (χ1n) is 4.52. The van der Waals surface area contributed by atoms with Gasteiger partial charge in [-0.3, -0.25) is 4.79 Å². The van der Waals surface area contributed by atoms with Gasteiger partial charge in [-0.25, -0.2) is 0 Å². The Hall–Kier alpha value is -0.500. The van der Waals surface area contributed by atoms with Gasteiger partial charge in [-0.2, -0.15) is 0 Å². The highest BCUT2D eigenvalue weighted by Gasteiger charge is 2.17. The number of likely N-dealkylation sites (N-methyl/N-ethyl adjacent to an activating group) is 1. The minimum Gasteiger partial charge on any atom is -0.339 e. The zero-order chi connectivity index (χ0) is 10.4. The number of carbonyl (C=O) groups excluding carboxylic acids is 1. The van der Waals surface area contributed by atoms with Gasteiger partial charge in [0, 0.05) is 24.9 Å². The molecule has 0 aliphatic heterocycles. The van der Waals surface area contributed by atoms with Crippen molar-refractivity contribution in [2.45, 2.75) is 20.8 Å². The van der Waals surface area contributed by atoms with E-state index in [1.54, 1.807) is 4.90 Å². The van der Waals surface area contributed by atoms with Crippen molar-refractivity contribution in [1.29, 1.82) is 0 Å². The van der Waals surface area contributed by atoms with Crippen LogP contribution in [0.2, 0.25) is 0 Å². The van der Waals surface area contributed by atoms with E-state index >= 15 is 0 Å². The molecule has 0 saturated carbocycles. The summed E-state index contributed by atoms with van der Waals surface area (Å²) in [5, 5.41) is 0. The third-order valence-electron chi connectivity index (χ3n) is 1.81. The maximum absolute atomic E-state index is 11.6. The van der Waals surface area contributed by atoms with Crippen LogP contribution in [0, 0.1) is 5.92 Å². The molecular formula is C10H18ClNO. The van der Waals surface area contributed by atoms with Gasteiger partial charge in [0.05, 0.1) is 0 Å². The fourth-order valence-electron chi connectivity index (χ4n) is 1.05. The van der Waals surface area contributed by atoms with Gasteiger partial charge in [0.1, 0.15) is 0 Å². The fourth-order valence-corrected chi connectivity index (χ4v) is 1.18. The molecule has 0 aromatic carbocycles. The van der Waals surface area contributed by atoms with Gasteiger partial charge in [-0.1, -0.05) is 19.1 Å². The smallest absolute Gasteiger partial charge is 0.226 e. The molecule has 0 N–H and O–H groups in total. The Balaban J connectivity index is 4.22. The Morgan fingerprint density at radius 1 is 1.62 bits per heavy atom. The molecule has 1 unspecified atom stereocenters. The lowest BCUT2D eigenvalue weighted by molar-refractivity contribution is -0.133. The largest absolute Gasteiger partial charge is 0.339 e. The fraction of sp³-hybridized carbons (Fsp3) is 0.700. The zero-order valence-electron chi connectivity index (χ0n) is 8.64. The molecule has 0 saturated heterocycles. The summed E-state index contributed by atoms with van der Waals surface area (Å²) in [5.41, 5.74) is 0.997. The molecule has 0 rings (SSSR count). The predicted octanol–water partition coefficient (Wildman–Crippen LogP) is 2.29. The third kappa shape index (κ3) is 4.32. The Morgan fingerprint density at radius 2 is 2.15 bits per heavy atom. The molecule has 2 nitrogen and oxygen atoms in total. The van der Waals surface area contributed by atoms with Crippen molar-refractivity contribution in [1.82, 2.24) is 4.90 Å². The van der Waals surface area contributed by atoms with Crippen molar-refractivity contribution >= 4 is 17.5 Å². The number of carbonyl (C=O) groups is 1. The highest BCUT2D eigenvalue weighted by atomic mass is 35.5. The molecular weight excluding hydrogens is 186 g/mol. The van der Waals surface area contributed by atoms with Crippen molar-refractivity contribution in [3.05, 3.63) is 12.2 Å². The van der Waals surface area contributed by atoms with Gasteiger partial charge >= 0.3 is 0 Å². The van der Waals surface area contributed by atoms with Gasteiger partial charge in [-0.15, -0.1) is 11.6 Å². The van der Waals surface area contributed by atoms with Crippen LogP contribution in [0.25, 0.3) is 0 Å². The van der Waals surface area contributed by atoms with Crippen molar-refractivity contribution in [2.24, 2.45) is 5.92 Å². The number of hydrogen-bond acceptors (Lipinski definition) is 1. The van der Waals surface area contributed by atoms with Crippen molar-refractivity contribution < 1.29 is 4.79 Å². The molecule has 76 valence electrons. The topological polar surface area (TPSA) is 20.3 Å². The van der Waals surface area contributed by atoms with Gasteiger partial charge in [0.25, 0.3) is 0 Å². The summed E-state index contributed by atoms with van der Waals surface area (Å²) in [6.07, 6.45) is 0. The zero-order valence-corrected chi connectivity index (χ0v) is 9.40. The molecule has 0 aliphatic carbocycles. The van der Waals surface area contributed by atoms with Crippen LogP contribution in [0.4, 0.5) is 0 Å². The lowest BCUT2D eigenvalue weighted by Gasteiger charge is -2.23. The first-order valence-corrected chi connectivity index (χ1v) is 5.05. The van der Waals surface area contributed by atoms with Crippen molar-refractivity contribution in [3.8, 4) is 0 Å². The van der Waals surface area contributed by atoms with E-state index < -0.39 is 0 Å². The minimum atomic E-state index is -0.0963. The van der Waals surface area contributed by atoms with Crippen LogP contribution in [-0.2, 0) is 4.79 Å². The Kier molecular flexibility index (Phi) is 5.80. The van der Waals surface area contributed by atoms with Crippen LogP contribution >= 0.6 is 11.6 Å². The number of amides is 1. The molecule has 0 radical (unpaired) electrons. The van der Waals surface area contributed by atoms with Crippen LogP contribution in [0.1, 0.15) is 20.8 Å². The predicted molar refractivity (Wildman–Crippen MR) is 57.0 cm³/mol. The van der Waals surface area contributed by atoms with E-state index in [2.05, 4.69) is 6.58 Å². The maximum atomic E-state index is 11.6. The molecule has 0 fully saturated rings. The second-order valence-electron chi connectivity index (χ2n) is 3.36. The van der Waals surface area contributed by atoms with E-state index in [1.165, 1.54) is 0 Å². The quantitative estimate of drug-likeness (QED) is 0.496. The van der Waals surface area contributed by atoms with Crippen molar-refractivity contribution in [2.75, 3.05) is 19.0 Å². The van der Waals surface area contributed by atoms with Crippen LogP contribution < -0.4 is 0 Å². The molecule has 0 aromatic heterocycles. The number of hydrogen-bond donors (Lipinski definition) is 0. The van der Waals surface area contributed by atoms with Gasteiger partial charge in [0.2, 0.25) is 5.91 Å². The molecule has 0 bridgehead atoms. The summed E-state index contributed by atoms with van der Waals surface area (Å²) >= 11 is 5.61. The van der Waals surface area contributed by atoms with E-state index in [9.17, 15) is 4.79 Å². The van der Waals surface area contributed by atoms with E-state index in [0.29, 0.717) is 19.0 Å². The van der Waals surface area contributed by atoms with Gasteiger partial charge < -0.3 is 4.90 Å². The molecule has 0 aromatic rings. The molecule has 0 heterocycles. The summed E-state index contributed by atoms with van der Waals surface area (Å²) < 4.78 is 0. The van der Waals surface area contributed by atoms with Crippen LogP contribution in [0.3, 0.4) is 0 Å². The third-order valence-corrected chi connectivity index (χ3v) is 2.27. The molecule has 1 amide bonds. The number of nitrogens with zero attached hydrogens (tertiary/aromatic N) is 1. The lowest BCUT2D eigenvalue weighted by Crippen LogP contribution is -2.36. The minimum absolute atomic E-state index is 0.0963. The Morgan fingerprint density at radius 3 is 2.46 bits per heavy atom. The SMILES string of the molecule is C=C(C)CN(CC)C(=O)C(C)CCl. The van der Waals surface area contributed by atoms with E-state index in [-0.39, 0.29) is 11.8 Å². The average Bonchev–Trinajstić information content (AvgIpc) is 2.11. The molecule has 0 spiro atoms. The molecule has 1 atom stereocenters. The van der Waals surface area contributed by atoms with Crippen LogP contribution in [0.5, 0.6) is 0 Å². The Labute approximate surface area is 85.6 Å². The highest BCUT2D eigenvalue weighted by Crippen LogP contribution is 2.06. The standard InChI is InChI=1S/C10H18ClNO/c1-5-12(7-8(2)3)10(13)9(4)6-11/h9H,2,5-7H2,1,3-4H3. The van der Waals surface area contributed by atoms with Crippen LogP contribution in [0.15, 0.2) is 12.2 Å². The van der Waals surface area contributed by atoms with E-state index in [0.717, 1.165) is 5.57 Å². The number of halogens is 1. The second kappa shape index (κ2) is 6.03. The Bertz CT molecular complexity index is 191. The number of alkyl halides is 1. The molecule has 0 aliphatic rings. The summed E-state index contributed by atoms with van der Waals surface area (Å²) in [5.74, 6) is 0.396. The first-order chi connectivity index (χ1) is 6.02. The van der Waals surface area contributed by atoms with Gasteiger partial charge in [0.15, 0.2) is 0 Å². The summed E-state index contributed by atoms with van der Waals surface area (Å²) in [6.45, 7) is 10.9. The normalized spacial score (nSPS) is 12.3. The first kappa shape index (κ1) is 12.5. The monoisotopic (exact) mass is 203 g/mol. The van der Waals surface area contributed by atoms with E-state index in [4.69, 9.17) is 11.6 Å². The highest BCUT2D eigenvalue weighted by molar-refractivity contribution is 6.19. The molecule has 13 heavy (non-hydrogen) atoms. The second-order valence-corrected chi connectivity index (χ2v) is 3.67. The van der Waals surface area contributed by atoms with Crippen molar-refractivity contribution in [3.63, 3.8) is 0 Å². The summed E-state index contributed by atoms with van der Waals surface area (Å²) in [6, 6.07) is 0. The van der Waals surface area contributed by atoms with E-state index in [1.807, 2.05) is 20.8 Å². The maximum Gasteiger partial charge on any atom is 0.226 e. The summed E-state index contributed by atoms with van der Waals surface area (Å²) in [7, 11) is 0. The van der Waals surface area contributed by atoms with Gasteiger partial charge in [-0.05, 0) is 13.8 Å². The average molecular weight is 204 g/mol. The van der Waals surface area contributed by atoms with Crippen LogP contribution in [-0.4, -0.2) is 29.8 Å². The lowest BCUT2D eigenvalue weighted by atomic mass is 10.1. The molecule has 3 heteroatoms. The number of rotatable bonds is 5.